The third-order valence-corrected chi connectivity index (χ3v) is 3.19. The Morgan fingerprint density at radius 3 is 2.93 bits per heavy atom. The number of nitrogens with one attached hydrogen (secondary N) is 1. The zero-order chi connectivity index (χ0) is 10.7. The van der Waals surface area contributed by atoms with Crippen molar-refractivity contribution in [3.63, 3.8) is 0 Å². The van der Waals surface area contributed by atoms with E-state index in [1.165, 1.54) is 3.57 Å². The molecule has 0 aromatic carbocycles. The van der Waals surface area contributed by atoms with E-state index in [1.54, 1.807) is 6.26 Å². The minimum Gasteiger partial charge on any atom is -0.467 e. The van der Waals surface area contributed by atoms with Gasteiger partial charge < -0.3 is 9.73 Å². The summed E-state index contributed by atoms with van der Waals surface area (Å²) in [6, 6.07) is 7.83. The molecular formula is C11H11IN2O. The number of halogens is 1. The monoisotopic (exact) mass is 314 g/mol. The van der Waals surface area contributed by atoms with Crippen molar-refractivity contribution in [1.82, 2.24) is 4.98 Å². The molecule has 4 heteroatoms. The lowest BCUT2D eigenvalue weighted by atomic mass is 10.3. The van der Waals surface area contributed by atoms with Gasteiger partial charge in [0.15, 0.2) is 0 Å². The first-order valence-corrected chi connectivity index (χ1v) is 5.73. The molecule has 2 heterocycles. The van der Waals surface area contributed by atoms with E-state index >= 15 is 0 Å². The molecule has 0 aliphatic rings. The lowest BCUT2D eigenvalue weighted by Crippen LogP contribution is -2.01. The zero-order valence-corrected chi connectivity index (χ0v) is 10.5. The first kappa shape index (κ1) is 10.5. The number of nitrogens with zero attached hydrogens (tertiary/aromatic N) is 1. The van der Waals surface area contributed by atoms with Gasteiger partial charge in [-0.1, -0.05) is 0 Å². The number of anilines is 1. The van der Waals surface area contributed by atoms with Gasteiger partial charge in [-0.3, -0.25) is 0 Å². The van der Waals surface area contributed by atoms with Crippen LogP contribution in [0.4, 0.5) is 5.82 Å². The largest absolute Gasteiger partial charge is 0.467 e. The van der Waals surface area contributed by atoms with Gasteiger partial charge in [0.2, 0.25) is 0 Å². The summed E-state index contributed by atoms with van der Waals surface area (Å²) in [4.78, 5) is 4.41. The van der Waals surface area contributed by atoms with Crippen molar-refractivity contribution in [1.29, 1.82) is 0 Å². The summed E-state index contributed by atoms with van der Waals surface area (Å²) in [5.41, 5.74) is 1.04. The van der Waals surface area contributed by atoms with E-state index in [0.717, 1.165) is 17.3 Å². The molecule has 78 valence electrons. The molecule has 3 nitrogen and oxygen atoms in total. The molecule has 15 heavy (non-hydrogen) atoms. The molecule has 2 rings (SSSR count). The summed E-state index contributed by atoms with van der Waals surface area (Å²) in [6.45, 7) is 2.67. The van der Waals surface area contributed by atoms with Gasteiger partial charge in [0.1, 0.15) is 11.6 Å². The third kappa shape index (κ3) is 2.71. The second-order valence-corrected chi connectivity index (χ2v) is 4.36. The molecule has 0 aliphatic carbocycles. The Balaban J connectivity index is 2.02. The summed E-state index contributed by atoms with van der Waals surface area (Å²) in [5, 5.41) is 3.21. The van der Waals surface area contributed by atoms with Gasteiger partial charge in [0.25, 0.3) is 0 Å². The Hall–Kier alpha value is -1.04. The summed E-state index contributed by atoms with van der Waals surface area (Å²) >= 11 is 2.27. The normalized spacial score (nSPS) is 10.3. The van der Waals surface area contributed by atoms with Gasteiger partial charge in [0, 0.05) is 3.57 Å². The highest BCUT2D eigenvalue weighted by Gasteiger charge is 1.99. The number of furan rings is 1. The van der Waals surface area contributed by atoms with Crippen LogP contribution in [0.1, 0.15) is 11.5 Å². The molecule has 0 atom stereocenters. The minimum absolute atomic E-state index is 0.667. The maximum atomic E-state index is 5.22. The van der Waals surface area contributed by atoms with Crippen molar-refractivity contribution in [2.75, 3.05) is 5.32 Å². The van der Waals surface area contributed by atoms with Crippen LogP contribution >= 0.6 is 22.6 Å². The van der Waals surface area contributed by atoms with Crippen molar-refractivity contribution < 1.29 is 4.42 Å². The maximum absolute atomic E-state index is 5.22. The second kappa shape index (κ2) is 4.65. The number of aryl methyl sites for hydroxylation is 1. The number of aromatic nitrogens is 1. The van der Waals surface area contributed by atoms with Crippen LogP contribution in [-0.4, -0.2) is 4.98 Å². The second-order valence-electron chi connectivity index (χ2n) is 3.20. The Morgan fingerprint density at radius 1 is 1.40 bits per heavy atom. The number of pyridine rings is 1. The van der Waals surface area contributed by atoms with Crippen molar-refractivity contribution >= 4 is 28.4 Å². The lowest BCUT2D eigenvalue weighted by Gasteiger charge is -2.05. The Kier molecular flexibility index (Phi) is 3.25. The molecular weight excluding hydrogens is 303 g/mol. The fourth-order valence-electron chi connectivity index (χ4n) is 1.23. The molecule has 0 spiro atoms. The van der Waals surface area contributed by atoms with Crippen LogP contribution in [0.2, 0.25) is 0 Å². The van der Waals surface area contributed by atoms with E-state index < -0.39 is 0 Å². The van der Waals surface area contributed by atoms with Crippen LogP contribution < -0.4 is 5.32 Å². The van der Waals surface area contributed by atoms with Crippen molar-refractivity contribution in [3.05, 3.63) is 45.6 Å². The Bertz CT molecular complexity index is 440. The van der Waals surface area contributed by atoms with Crippen LogP contribution in [0.5, 0.6) is 0 Å². The summed E-state index contributed by atoms with van der Waals surface area (Å²) < 4.78 is 6.39. The molecule has 0 saturated carbocycles. The molecule has 0 amide bonds. The van der Waals surface area contributed by atoms with Gasteiger partial charge in [0.05, 0.1) is 18.5 Å². The van der Waals surface area contributed by atoms with E-state index in [4.69, 9.17) is 4.42 Å². The smallest absolute Gasteiger partial charge is 0.126 e. The van der Waals surface area contributed by atoms with Gasteiger partial charge >= 0.3 is 0 Å². The maximum Gasteiger partial charge on any atom is 0.126 e. The van der Waals surface area contributed by atoms with E-state index in [0.29, 0.717) is 6.54 Å². The van der Waals surface area contributed by atoms with Crippen LogP contribution in [-0.2, 0) is 6.54 Å². The molecule has 0 saturated heterocycles. The molecule has 1 N–H and O–H groups in total. The highest BCUT2D eigenvalue weighted by Crippen LogP contribution is 2.13. The molecule has 0 aliphatic heterocycles. The predicted octanol–water partition coefficient (Wildman–Crippen LogP) is 3.20. The number of hydrogen-bond acceptors (Lipinski definition) is 3. The van der Waals surface area contributed by atoms with Gasteiger partial charge in [-0.2, -0.15) is 0 Å². The fourth-order valence-corrected chi connectivity index (χ4v) is 1.53. The molecule has 0 bridgehead atoms. The highest BCUT2D eigenvalue weighted by atomic mass is 127. The predicted molar refractivity (Wildman–Crippen MR) is 67.7 cm³/mol. The SMILES string of the molecule is Cc1nc(NCc2ccco2)ccc1I. The van der Waals surface area contributed by atoms with Crippen LogP contribution in [0.25, 0.3) is 0 Å². The molecule has 2 aromatic heterocycles. The van der Waals surface area contributed by atoms with Crippen molar-refractivity contribution in [2.24, 2.45) is 0 Å². The number of rotatable bonds is 3. The van der Waals surface area contributed by atoms with Gasteiger partial charge in [-0.25, -0.2) is 4.98 Å². The molecule has 2 aromatic rings. The Morgan fingerprint density at radius 2 is 2.27 bits per heavy atom. The first-order chi connectivity index (χ1) is 7.25. The standard InChI is InChI=1S/C11H11IN2O/c1-8-10(12)4-5-11(14-8)13-7-9-3-2-6-15-9/h2-6H,7H2,1H3,(H,13,14). The van der Waals surface area contributed by atoms with Crippen molar-refractivity contribution in [2.45, 2.75) is 13.5 Å². The molecule has 0 radical (unpaired) electrons. The average molecular weight is 314 g/mol. The lowest BCUT2D eigenvalue weighted by molar-refractivity contribution is 0.518. The fraction of sp³-hybridized carbons (Fsp3) is 0.182. The zero-order valence-electron chi connectivity index (χ0n) is 8.33. The summed E-state index contributed by atoms with van der Waals surface area (Å²) in [7, 11) is 0. The molecule has 0 unspecified atom stereocenters. The Labute approximate surface area is 102 Å². The molecule has 0 fully saturated rings. The topological polar surface area (TPSA) is 38.1 Å². The highest BCUT2D eigenvalue weighted by molar-refractivity contribution is 14.1. The van der Waals surface area contributed by atoms with Crippen molar-refractivity contribution in [3.8, 4) is 0 Å². The number of hydrogen-bond donors (Lipinski definition) is 1. The van der Waals surface area contributed by atoms with Gasteiger partial charge in [-0.05, 0) is 53.8 Å². The third-order valence-electron chi connectivity index (χ3n) is 2.05. The van der Waals surface area contributed by atoms with E-state index in [1.807, 2.05) is 31.2 Å². The average Bonchev–Trinajstić information content (AvgIpc) is 2.73. The van der Waals surface area contributed by atoms with Crippen LogP contribution in [0, 0.1) is 10.5 Å². The summed E-state index contributed by atoms with van der Waals surface area (Å²) in [5.74, 6) is 1.79. The minimum atomic E-state index is 0.667. The van der Waals surface area contributed by atoms with E-state index in [9.17, 15) is 0 Å². The van der Waals surface area contributed by atoms with Gasteiger partial charge in [-0.15, -0.1) is 0 Å². The van der Waals surface area contributed by atoms with E-state index in [-0.39, 0.29) is 0 Å². The van der Waals surface area contributed by atoms with Crippen LogP contribution in [0.3, 0.4) is 0 Å². The summed E-state index contributed by atoms with van der Waals surface area (Å²) in [6.07, 6.45) is 1.67. The first-order valence-electron chi connectivity index (χ1n) is 4.65. The quantitative estimate of drug-likeness (QED) is 0.884. The van der Waals surface area contributed by atoms with Crippen LogP contribution in [0.15, 0.2) is 34.9 Å². The van der Waals surface area contributed by atoms with E-state index in [2.05, 4.69) is 32.9 Å².